The van der Waals surface area contributed by atoms with Gasteiger partial charge in [-0.1, -0.05) is 18.2 Å². The van der Waals surface area contributed by atoms with E-state index in [0.717, 1.165) is 16.9 Å². The predicted octanol–water partition coefficient (Wildman–Crippen LogP) is 2.74. The summed E-state index contributed by atoms with van der Waals surface area (Å²) in [6, 6.07) is 12.8. The normalized spacial score (nSPS) is 12.0. The number of amides is 1. The lowest BCUT2D eigenvalue weighted by molar-refractivity contribution is 0.0939. The Morgan fingerprint density at radius 2 is 2.00 bits per heavy atom. The molecule has 0 saturated carbocycles. The van der Waals surface area contributed by atoms with Gasteiger partial charge in [-0.2, -0.15) is 0 Å². The number of aromatic hydroxyl groups is 1. The van der Waals surface area contributed by atoms with Crippen LogP contribution in [0.1, 0.15) is 27.5 Å². The summed E-state index contributed by atoms with van der Waals surface area (Å²) in [6.07, 6.45) is 0. The molecule has 2 rings (SSSR count). The van der Waals surface area contributed by atoms with E-state index in [9.17, 15) is 9.90 Å². The van der Waals surface area contributed by atoms with Gasteiger partial charge >= 0.3 is 0 Å². The van der Waals surface area contributed by atoms with Crippen LogP contribution in [0.25, 0.3) is 0 Å². The molecule has 0 fully saturated rings. The monoisotopic (exact) mass is 328 g/mol. The second-order valence-electron chi connectivity index (χ2n) is 5.99. The average molecular weight is 328 g/mol. The van der Waals surface area contributed by atoms with Gasteiger partial charge in [0.2, 0.25) is 0 Å². The molecule has 0 spiro atoms. The molecular formula is C19H24N2O3. The number of carbonyl (C=O) groups excluding carboxylic acids is 1. The number of phenolic OH excluding ortho intramolecular Hbond substituents is 1. The minimum atomic E-state index is -0.290. The van der Waals surface area contributed by atoms with Crippen LogP contribution < -0.4 is 10.1 Å². The first-order valence-corrected chi connectivity index (χ1v) is 7.80. The lowest BCUT2D eigenvalue weighted by atomic mass is 10.0. The number of carbonyl (C=O) groups is 1. The van der Waals surface area contributed by atoms with Crippen molar-refractivity contribution in [1.82, 2.24) is 10.2 Å². The lowest BCUT2D eigenvalue weighted by Crippen LogP contribution is -2.34. The van der Waals surface area contributed by atoms with Gasteiger partial charge in [0, 0.05) is 6.54 Å². The molecule has 2 aromatic rings. The lowest BCUT2D eigenvalue weighted by Gasteiger charge is -2.25. The molecule has 5 nitrogen and oxygen atoms in total. The Kier molecular flexibility index (Phi) is 5.82. The van der Waals surface area contributed by atoms with Crippen molar-refractivity contribution in [3.8, 4) is 11.5 Å². The van der Waals surface area contributed by atoms with Crippen molar-refractivity contribution in [2.75, 3.05) is 27.7 Å². The van der Waals surface area contributed by atoms with E-state index < -0.39 is 0 Å². The Labute approximate surface area is 142 Å². The van der Waals surface area contributed by atoms with Crippen LogP contribution >= 0.6 is 0 Å². The predicted molar refractivity (Wildman–Crippen MR) is 94.6 cm³/mol. The summed E-state index contributed by atoms with van der Waals surface area (Å²) in [6.45, 7) is 2.29. The van der Waals surface area contributed by atoms with E-state index in [4.69, 9.17) is 4.74 Å². The molecule has 1 unspecified atom stereocenters. The van der Waals surface area contributed by atoms with Gasteiger partial charge in [-0.3, -0.25) is 4.79 Å². The summed E-state index contributed by atoms with van der Waals surface area (Å²) in [4.78, 5) is 14.4. The van der Waals surface area contributed by atoms with Gasteiger partial charge in [-0.25, -0.2) is 0 Å². The van der Waals surface area contributed by atoms with Crippen LogP contribution in [0, 0.1) is 6.92 Å². The molecule has 0 aliphatic rings. The van der Waals surface area contributed by atoms with E-state index in [1.54, 1.807) is 25.3 Å². The minimum Gasteiger partial charge on any atom is -0.507 e. The standard InChI is InChI=1S/C19H24N2O3/c1-13-8-9-16(18(22)10-13)19(23)20-12-17(21(2)3)14-6-5-7-15(11-14)24-4/h5-11,17,22H,12H2,1-4H3,(H,20,23). The number of nitrogens with one attached hydrogen (secondary N) is 1. The maximum atomic E-state index is 12.3. The zero-order chi connectivity index (χ0) is 17.7. The number of likely N-dealkylation sites (N-methyl/N-ethyl adjacent to an activating group) is 1. The summed E-state index contributed by atoms with van der Waals surface area (Å²) in [5, 5.41) is 12.8. The fourth-order valence-electron chi connectivity index (χ4n) is 2.57. The first-order chi connectivity index (χ1) is 11.4. The van der Waals surface area contributed by atoms with Crippen LogP contribution in [0.15, 0.2) is 42.5 Å². The molecule has 0 aliphatic carbocycles. The third-order valence-corrected chi connectivity index (χ3v) is 3.96. The van der Waals surface area contributed by atoms with E-state index in [-0.39, 0.29) is 23.3 Å². The van der Waals surface area contributed by atoms with Gasteiger partial charge in [-0.15, -0.1) is 0 Å². The van der Waals surface area contributed by atoms with Crippen molar-refractivity contribution >= 4 is 5.91 Å². The molecule has 2 N–H and O–H groups in total. The zero-order valence-electron chi connectivity index (χ0n) is 14.5. The van der Waals surface area contributed by atoms with E-state index >= 15 is 0 Å². The van der Waals surface area contributed by atoms with E-state index in [2.05, 4.69) is 5.32 Å². The number of aryl methyl sites for hydroxylation is 1. The summed E-state index contributed by atoms with van der Waals surface area (Å²) in [5.74, 6) is 0.486. The number of phenols is 1. The molecular weight excluding hydrogens is 304 g/mol. The highest BCUT2D eigenvalue weighted by Crippen LogP contribution is 2.23. The maximum absolute atomic E-state index is 12.3. The average Bonchev–Trinajstić information content (AvgIpc) is 2.54. The Balaban J connectivity index is 2.12. The van der Waals surface area contributed by atoms with Crippen LogP contribution in [0.5, 0.6) is 11.5 Å². The second kappa shape index (κ2) is 7.84. The molecule has 24 heavy (non-hydrogen) atoms. The molecule has 0 saturated heterocycles. The first kappa shape index (κ1) is 17.8. The largest absolute Gasteiger partial charge is 0.507 e. The van der Waals surface area contributed by atoms with Gasteiger partial charge < -0.3 is 20.1 Å². The highest BCUT2D eigenvalue weighted by atomic mass is 16.5. The Morgan fingerprint density at radius 3 is 2.62 bits per heavy atom. The first-order valence-electron chi connectivity index (χ1n) is 7.80. The molecule has 0 radical (unpaired) electrons. The molecule has 0 aromatic heterocycles. The van der Waals surface area contributed by atoms with Crippen molar-refractivity contribution in [3.63, 3.8) is 0 Å². The van der Waals surface area contributed by atoms with E-state index in [1.165, 1.54) is 0 Å². The summed E-state index contributed by atoms with van der Waals surface area (Å²) in [7, 11) is 5.55. The van der Waals surface area contributed by atoms with Crippen LogP contribution in [0.3, 0.4) is 0 Å². The zero-order valence-corrected chi connectivity index (χ0v) is 14.5. The molecule has 0 aliphatic heterocycles. The Hall–Kier alpha value is -2.53. The smallest absolute Gasteiger partial charge is 0.255 e. The molecule has 1 atom stereocenters. The molecule has 0 heterocycles. The number of rotatable bonds is 6. The van der Waals surface area contributed by atoms with E-state index in [0.29, 0.717) is 6.54 Å². The SMILES string of the molecule is COc1cccc(C(CNC(=O)c2ccc(C)cc2O)N(C)C)c1. The van der Waals surface area contributed by atoms with Crippen LogP contribution in [-0.2, 0) is 0 Å². The topological polar surface area (TPSA) is 61.8 Å². The van der Waals surface area contributed by atoms with Gasteiger partial charge in [0.1, 0.15) is 11.5 Å². The maximum Gasteiger partial charge on any atom is 0.255 e. The van der Waals surface area contributed by atoms with Crippen molar-refractivity contribution < 1.29 is 14.6 Å². The van der Waals surface area contributed by atoms with Crippen molar-refractivity contribution in [3.05, 3.63) is 59.2 Å². The summed E-state index contributed by atoms with van der Waals surface area (Å²) >= 11 is 0. The van der Waals surface area contributed by atoms with Gasteiger partial charge in [0.05, 0.1) is 18.7 Å². The minimum absolute atomic E-state index is 0.00311. The molecule has 1 amide bonds. The van der Waals surface area contributed by atoms with Gasteiger partial charge in [0.15, 0.2) is 0 Å². The Morgan fingerprint density at radius 1 is 1.25 bits per heavy atom. The number of ether oxygens (including phenoxy) is 1. The Bertz CT molecular complexity index is 714. The number of hydrogen-bond donors (Lipinski definition) is 2. The van der Waals surface area contributed by atoms with Crippen LogP contribution in [0.4, 0.5) is 0 Å². The fourth-order valence-corrected chi connectivity index (χ4v) is 2.57. The highest BCUT2D eigenvalue weighted by Gasteiger charge is 2.18. The number of methoxy groups -OCH3 is 1. The highest BCUT2D eigenvalue weighted by molar-refractivity contribution is 5.96. The summed E-state index contributed by atoms with van der Waals surface area (Å²) in [5.41, 5.74) is 2.24. The fraction of sp³-hybridized carbons (Fsp3) is 0.316. The van der Waals surface area contributed by atoms with Crippen LogP contribution in [-0.4, -0.2) is 43.7 Å². The van der Waals surface area contributed by atoms with Crippen LogP contribution in [0.2, 0.25) is 0 Å². The molecule has 0 bridgehead atoms. The molecule has 2 aromatic carbocycles. The van der Waals surface area contributed by atoms with Gasteiger partial charge in [0.25, 0.3) is 5.91 Å². The summed E-state index contributed by atoms with van der Waals surface area (Å²) < 4.78 is 5.27. The number of hydrogen-bond acceptors (Lipinski definition) is 4. The van der Waals surface area contributed by atoms with Crippen molar-refractivity contribution in [2.45, 2.75) is 13.0 Å². The second-order valence-corrected chi connectivity index (χ2v) is 5.99. The number of nitrogens with zero attached hydrogens (tertiary/aromatic N) is 1. The van der Waals surface area contributed by atoms with Crippen molar-refractivity contribution in [1.29, 1.82) is 0 Å². The molecule has 128 valence electrons. The quantitative estimate of drug-likeness (QED) is 0.856. The van der Waals surface area contributed by atoms with E-state index in [1.807, 2.05) is 50.2 Å². The number of benzene rings is 2. The van der Waals surface area contributed by atoms with Gasteiger partial charge in [-0.05, 0) is 56.4 Å². The molecule has 5 heteroatoms. The third kappa shape index (κ3) is 4.26. The van der Waals surface area contributed by atoms with Crippen molar-refractivity contribution in [2.24, 2.45) is 0 Å². The third-order valence-electron chi connectivity index (χ3n) is 3.96.